The van der Waals surface area contributed by atoms with Crippen molar-refractivity contribution < 1.29 is 4.74 Å². The van der Waals surface area contributed by atoms with Crippen LogP contribution >= 0.6 is 11.6 Å². The molecule has 3 rings (SSSR count). The summed E-state index contributed by atoms with van der Waals surface area (Å²) in [7, 11) is 1.79. The fraction of sp³-hybridized carbons (Fsp3) is 0.471. The molecule has 2 aromatic rings. The van der Waals surface area contributed by atoms with Gasteiger partial charge in [-0.15, -0.1) is 11.6 Å². The number of ether oxygens (including phenoxy) is 1. The number of para-hydroxylation sites is 1. The molecule has 1 fully saturated rings. The molecule has 0 radical (unpaired) electrons. The van der Waals surface area contributed by atoms with Gasteiger partial charge in [0.2, 0.25) is 0 Å². The average molecular weight is 305 g/mol. The number of nitrogens with zero attached hydrogens (tertiary/aromatic N) is 2. The lowest BCUT2D eigenvalue weighted by atomic mass is 9.94. The Bertz CT molecular complexity index is 646. The molecule has 1 aliphatic heterocycles. The highest BCUT2D eigenvalue weighted by molar-refractivity contribution is 6.17. The number of aromatic nitrogens is 1. The molecule has 1 aromatic carbocycles. The Morgan fingerprint density at radius 1 is 1.38 bits per heavy atom. The zero-order valence-corrected chi connectivity index (χ0v) is 13.4. The van der Waals surface area contributed by atoms with E-state index in [1.165, 1.54) is 0 Å². The van der Waals surface area contributed by atoms with Crippen LogP contribution in [0.4, 0.5) is 5.82 Å². The smallest absolute Gasteiger partial charge is 0.133 e. The Morgan fingerprint density at radius 3 is 2.95 bits per heavy atom. The van der Waals surface area contributed by atoms with Crippen molar-refractivity contribution in [1.29, 1.82) is 0 Å². The lowest BCUT2D eigenvalue weighted by Gasteiger charge is -2.40. The van der Waals surface area contributed by atoms with Gasteiger partial charge < -0.3 is 9.64 Å². The molecule has 1 saturated heterocycles. The lowest BCUT2D eigenvalue weighted by Crippen LogP contribution is -2.48. The van der Waals surface area contributed by atoms with E-state index in [2.05, 4.69) is 30.0 Å². The van der Waals surface area contributed by atoms with Crippen molar-refractivity contribution in [1.82, 2.24) is 4.98 Å². The van der Waals surface area contributed by atoms with E-state index in [-0.39, 0.29) is 5.60 Å². The van der Waals surface area contributed by atoms with Crippen LogP contribution in [0.1, 0.15) is 25.3 Å². The van der Waals surface area contributed by atoms with E-state index in [0.29, 0.717) is 5.88 Å². The number of anilines is 1. The van der Waals surface area contributed by atoms with Gasteiger partial charge in [-0.2, -0.15) is 0 Å². The predicted molar refractivity (Wildman–Crippen MR) is 88.2 cm³/mol. The highest BCUT2D eigenvalue weighted by atomic mass is 35.5. The van der Waals surface area contributed by atoms with Crippen molar-refractivity contribution in [2.45, 2.75) is 31.2 Å². The standard InChI is InChI=1S/C17H21ClN2O/c1-17(21-2)8-5-9-20(12-17)16-14(11-18)10-13-6-3-4-7-15(13)19-16/h3-4,6-7,10H,5,8-9,11-12H2,1-2H3. The minimum atomic E-state index is -0.102. The Balaban J connectivity index is 2.02. The van der Waals surface area contributed by atoms with Crippen LogP contribution in [0.15, 0.2) is 30.3 Å². The molecule has 0 amide bonds. The number of piperidine rings is 1. The zero-order chi connectivity index (χ0) is 14.9. The quantitative estimate of drug-likeness (QED) is 0.802. The minimum Gasteiger partial charge on any atom is -0.377 e. The fourth-order valence-electron chi connectivity index (χ4n) is 3.07. The van der Waals surface area contributed by atoms with Gasteiger partial charge in [-0.05, 0) is 31.9 Å². The van der Waals surface area contributed by atoms with Crippen LogP contribution in [0.3, 0.4) is 0 Å². The molecule has 4 heteroatoms. The van der Waals surface area contributed by atoms with E-state index < -0.39 is 0 Å². The molecule has 0 bridgehead atoms. The third kappa shape index (κ3) is 2.85. The Labute approximate surface area is 130 Å². The Kier molecular flexibility index (Phi) is 4.05. The first kappa shape index (κ1) is 14.6. The highest BCUT2D eigenvalue weighted by Crippen LogP contribution is 2.31. The summed E-state index contributed by atoms with van der Waals surface area (Å²) in [5.41, 5.74) is 2.01. The first-order valence-corrected chi connectivity index (χ1v) is 7.93. The number of hydrogen-bond acceptors (Lipinski definition) is 3. The second-order valence-electron chi connectivity index (χ2n) is 5.98. The topological polar surface area (TPSA) is 25.4 Å². The molecule has 112 valence electrons. The highest BCUT2D eigenvalue weighted by Gasteiger charge is 2.32. The summed E-state index contributed by atoms with van der Waals surface area (Å²) >= 11 is 6.16. The monoisotopic (exact) mass is 304 g/mol. The van der Waals surface area contributed by atoms with Crippen LogP contribution in [0.25, 0.3) is 10.9 Å². The van der Waals surface area contributed by atoms with Crippen molar-refractivity contribution in [3.05, 3.63) is 35.9 Å². The maximum Gasteiger partial charge on any atom is 0.133 e. The molecule has 0 N–H and O–H groups in total. The summed E-state index contributed by atoms with van der Waals surface area (Å²) < 4.78 is 5.69. The summed E-state index contributed by atoms with van der Waals surface area (Å²) in [6.45, 7) is 4.04. The van der Waals surface area contributed by atoms with Gasteiger partial charge >= 0.3 is 0 Å². The van der Waals surface area contributed by atoms with Crippen molar-refractivity contribution >= 4 is 28.3 Å². The van der Waals surface area contributed by atoms with E-state index in [0.717, 1.165) is 48.2 Å². The summed E-state index contributed by atoms with van der Waals surface area (Å²) in [4.78, 5) is 7.17. The summed E-state index contributed by atoms with van der Waals surface area (Å²) in [6.07, 6.45) is 2.20. The number of halogens is 1. The normalized spacial score (nSPS) is 22.7. The third-order valence-electron chi connectivity index (χ3n) is 4.38. The van der Waals surface area contributed by atoms with Gasteiger partial charge in [0.25, 0.3) is 0 Å². The van der Waals surface area contributed by atoms with Crippen LogP contribution in [-0.2, 0) is 10.6 Å². The van der Waals surface area contributed by atoms with E-state index >= 15 is 0 Å². The largest absolute Gasteiger partial charge is 0.377 e. The van der Waals surface area contributed by atoms with E-state index in [1.54, 1.807) is 7.11 Å². The molecular formula is C17H21ClN2O. The van der Waals surface area contributed by atoms with Gasteiger partial charge in [-0.1, -0.05) is 18.2 Å². The SMILES string of the molecule is COC1(C)CCCN(c2nc3ccccc3cc2CCl)C1. The van der Waals surface area contributed by atoms with E-state index in [9.17, 15) is 0 Å². The average Bonchev–Trinajstić information content (AvgIpc) is 2.53. The maximum atomic E-state index is 6.16. The molecule has 2 heterocycles. The molecule has 1 aliphatic rings. The molecule has 0 spiro atoms. The van der Waals surface area contributed by atoms with Crippen LogP contribution in [-0.4, -0.2) is 30.8 Å². The van der Waals surface area contributed by atoms with E-state index in [4.69, 9.17) is 21.3 Å². The molecule has 1 unspecified atom stereocenters. The van der Waals surface area contributed by atoms with Gasteiger partial charge in [0.15, 0.2) is 0 Å². The van der Waals surface area contributed by atoms with Crippen LogP contribution in [0.5, 0.6) is 0 Å². The van der Waals surface area contributed by atoms with Gasteiger partial charge in [-0.3, -0.25) is 0 Å². The zero-order valence-electron chi connectivity index (χ0n) is 12.6. The third-order valence-corrected chi connectivity index (χ3v) is 4.66. The van der Waals surface area contributed by atoms with E-state index in [1.807, 2.05) is 12.1 Å². The molecule has 0 aliphatic carbocycles. The van der Waals surface area contributed by atoms with Gasteiger partial charge in [-0.25, -0.2) is 4.98 Å². The molecule has 1 atom stereocenters. The second-order valence-corrected chi connectivity index (χ2v) is 6.24. The Hall–Kier alpha value is -1.32. The summed E-state index contributed by atoms with van der Waals surface area (Å²) in [5.74, 6) is 1.49. The lowest BCUT2D eigenvalue weighted by molar-refractivity contribution is -0.00482. The fourth-order valence-corrected chi connectivity index (χ4v) is 3.27. The van der Waals surface area contributed by atoms with Crippen LogP contribution in [0, 0.1) is 0 Å². The molecule has 1 aromatic heterocycles. The summed E-state index contributed by atoms with van der Waals surface area (Å²) in [5, 5.41) is 1.14. The molecular weight excluding hydrogens is 284 g/mol. The Morgan fingerprint density at radius 2 is 2.19 bits per heavy atom. The first-order valence-electron chi connectivity index (χ1n) is 7.40. The maximum absolute atomic E-state index is 6.16. The van der Waals surface area contributed by atoms with Crippen molar-refractivity contribution in [3.8, 4) is 0 Å². The number of rotatable bonds is 3. The predicted octanol–water partition coefficient (Wildman–Crippen LogP) is 3.98. The molecule has 0 saturated carbocycles. The number of methoxy groups -OCH3 is 1. The number of pyridine rings is 1. The number of fused-ring (bicyclic) bond motifs is 1. The second kappa shape index (κ2) is 5.82. The molecule has 21 heavy (non-hydrogen) atoms. The van der Waals surface area contributed by atoms with Crippen molar-refractivity contribution in [3.63, 3.8) is 0 Å². The first-order chi connectivity index (χ1) is 10.1. The number of benzene rings is 1. The number of hydrogen-bond donors (Lipinski definition) is 0. The molecule has 3 nitrogen and oxygen atoms in total. The van der Waals surface area contributed by atoms with Crippen molar-refractivity contribution in [2.24, 2.45) is 0 Å². The number of alkyl halides is 1. The van der Waals surface area contributed by atoms with Crippen molar-refractivity contribution in [2.75, 3.05) is 25.1 Å². The van der Waals surface area contributed by atoms with Gasteiger partial charge in [0, 0.05) is 31.1 Å². The summed E-state index contributed by atoms with van der Waals surface area (Å²) in [6, 6.07) is 10.3. The van der Waals surface area contributed by atoms with Crippen LogP contribution in [0.2, 0.25) is 0 Å². The minimum absolute atomic E-state index is 0.102. The van der Waals surface area contributed by atoms with Crippen LogP contribution < -0.4 is 4.90 Å². The van der Waals surface area contributed by atoms with Gasteiger partial charge in [0.1, 0.15) is 5.82 Å². The van der Waals surface area contributed by atoms with Gasteiger partial charge in [0.05, 0.1) is 17.0 Å².